The van der Waals surface area contributed by atoms with Gasteiger partial charge in [-0.05, 0) is 73.5 Å². The Balaban J connectivity index is 1.70. The van der Waals surface area contributed by atoms with Gasteiger partial charge in [-0.1, -0.05) is 6.07 Å². The fraction of sp³-hybridized carbons (Fsp3) is 0.278. The Morgan fingerprint density at radius 3 is 2.50 bits per heavy atom. The van der Waals surface area contributed by atoms with Crippen LogP contribution in [0.2, 0.25) is 0 Å². The summed E-state index contributed by atoms with van der Waals surface area (Å²) in [6.07, 6.45) is 0.874. The largest absolute Gasteiger partial charge is 0.352 e. The zero-order valence-electron chi connectivity index (χ0n) is 12.9. The molecule has 0 atom stereocenters. The highest BCUT2D eigenvalue weighted by Crippen LogP contribution is 2.18. The van der Waals surface area contributed by atoms with Gasteiger partial charge in [0, 0.05) is 17.0 Å². The maximum Gasteiger partial charge on any atom is 0.251 e. The fourth-order valence-corrected chi connectivity index (χ4v) is 2.83. The van der Waals surface area contributed by atoms with Crippen molar-refractivity contribution >= 4 is 17.7 Å². The monoisotopic (exact) mass is 317 g/mol. The molecule has 2 aromatic rings. The molecule has 0 fully saturated rings. The predicted octanol–water partition coefficient (Wildman–Crippen LogP) is 4.35. The minimum atomic E-state index is -0.218. The topological polar surface area (TPSA) is 29.1 Å². The van der Waals surface area contributed by atoms with Gasteiger partial charge in [-0.3, -0.25) is 4.79 Å². The number of benzene rings is 2. The number of carbonyl (C=O) groups is 1. The van der Waals surface area contributed by atoms with Crippen molar-refractivity contribution in [3.05, 3.63) is 65.0 Å². The zero-order chi connectivity index (χ0) is 15.9. The Morgan fingerprint density at radius 2 is 1.82 bits per heavy atom. The van der Waals surface area contributed by atoms with E-state index in [1.54, 1.807) is 23.9 Å². The second kappa shape index (κ2) is 7.99. The second-order valence-corrected chi connectivity index (χ2v) is 6.38. The number of rotatable bonds is 6. The molecule has 116 valence electrons. The van der Waals surface area contributed by atoms with E-state index in [4.69, 9.17) is 0 Å². The van der Waals surface area contributed by atoms with Crippen LogP contribution in [0.4, 0.5) is 4.39 Å². The van der Waals surface area contributed by atoms with Gasteiger partial charge in [-0.25, -0.2) is 4.39 Å². The van der Waals surface area contributed by atoms with Crippen LogP contribution in [-0.4, -0.2) is 18.2 Å². The number of carbonyl (C=O) groups excluding carboxylic acids is 1. The molecule has 0 saturated heterocycles. The third kappa shape index (κ3) is 4.88. The maximum absolute atomic E-state index is 12.8. The molecular weight excluding hydrogens is 297 g/mol. The van der Waals surface area contributed by atoms with E-state index in [1.807, 2.05) is 32.0 Å². The summed E-state index contributed by atoms with van der Waals surface area (Å²) >= 11 is 1.66. The number of aryl methyl sites for hydroxylation is 2. The third-order valence-electron chi connectivity index (χ3n) is 3.46. The van der Waals surface area contributed by atoms with Crippen LogP contribution >= 0.6 is 11.8 Å². The average Bonchev–Trinajstić information content (AvgIpc) is 2.51. The lowest BCUT2D eigenvalue weighted by Crippen LogP contribution is -2.24. The average molecular weight is 317 g/mol. The summed E-state index contributed by atoms with van der Waals surface area (Å²) in [6.45, 7) is 4.68. The third-order valence-corrected chi connectivity index (χ3v) is 4.56. The number of hydrogen-bond acceptors (Lipinski definition) is 2. The van der Waals surface area contributed by atoms with Crippen molar-refractivity contribution in [3.8, 4) is 0 Å². The van der Waals surface area contributed by atoms with Crippen LogP contribution in [-0.2, 0) is 0 Å². The van der Waals surface area contributed by atoms with Crippen molar-refractivity contribution in [1.29, 1.82) is 0 Å². The van der Waals surface area contributed by atoms with E-state index in [1.165, 1.54) is 17.7 Å². The van der Waals surface area contributed by atoms with Crippen molar-refractivity contribution in [2.24, 2.45) is 0 Å². The number of thioether (sulfide) groups is 1. The zero-order valence-corrected chi connectivity index (χ0v) is 13.7. The van der Waals surface area contributed by atoms with Gasteiger partial charge in [0.25, 0.3) is 5.91 Å². The molecule has 0 aliphatic heterocycles. The van der Waals surface area contributed by atoms with Crippen molar-refractivity contribution < 1.29 is 9.18 Å². The first kappa shape index (κ1) is 16.6. The molecular formula is C18H20FNOS. The molecule has 0 saturated carbocycles. The molecule has 0 radical (unpaired) electrons. The lowest BCUT2D eigenvalue weighted by Gasteiger charge is -2.07. The van der Waals surface area contributed by atoms with Crippen molar-refractivity contribution in [3.63, 3.8) is 0 Å². The summed E-state index contributed by atoms with van der Waals surface area (Å²) < 4.78 is 12.8. The van der Waals surface area contributed by atoms with Gasteiger partial charge in [-0.15, -0.1) is 11.8 Å². The van der Waals surface area contributed by atoms with Crippen LogP contribution in [0.5, 0.6) is 0 Å². The van der Waals surface area contributed by atoms with Gasteiger partial charge in [0.15, 0.2) is 0 Å². The van der Waals surface area contributed by atoms with Gasteiger partial charge < -0.3 is 5.32 Å². The Bertz CT molecular complexity index is 640. The Morgan fingerprint density at radius 1 is 1.09 bits per heavy atom. The summed E-state index contributed by atoms with van der Waals surface area (Å²) in [6, 6.07) is 12.2. The van der Waals surface area contributed by atoms with E-state index in [-0.39, 0.29) is 11.7 Å². The molecule has 0 aromatic heterocycles. The van der Waals surface area contributed by atoms with Gasteiger partial charge in [0.1, 0.15) is 5.82 Å². The van der Waals surface area contributed by atoms with Crippen LogP contribution in [0.25, 0.3) is 0 Å². The van der Waals surface area contributed by atoms with E-state index in [2.05, 4.69) is 5.32 Å². The minimum absolute atomic E-state index is 0.0325. The SMILES string of the molecule is Cc1ccc(C(=O)NCCCSc2ccc(F)cc2)cc1C. The number of nitrogens with one attached hydrogen (secondary N) is 1. The van der Waals surface area contributed by atoms with Gasteiger partial charge in [-0.2, -0.15) is 0 Å². The first-order chi connectivity index (χ1) is 10.6. The first-order valence-corrected chi connectivity index (χ1v) is 8.28. The molecule has 4 heteroatoms. The van der Waals surface area contributed by atoms with Crippen molar-refractivity contribution in [1.82, 2.24) is 5.32 Å². The van der Waals surface area contributed by atoms with Gasteiger partial charge in [0.05, 0.1) is 0 Å². The van der Waals surface area contributed by atoms with Crippen molar-refractivity contribution in [2.45, 2.75) is 25.2 Å². The minimum Gasteiger partial charge on any atom is -0.352 e. The van der Waals surface area contributed by atoms with E-state index < -0.39 is 0 Å². The predicted molar refractivity (Wildman–Crippen MR) is 90.0 cm³/mol. The molecule has 0 spiro atoms. The molecule has 0 unspecified atom stereocenters. The van der Waals surface area contributed by atoms with E-state index in [0.29, 0.717) is 12.1 Å². The molecule has 2 aromatic carbocycles. The van der Waals surface area contributed by atoms with E-state index in [0.717, 1.165) is 22.6 Å². The summed E-state index contributed by atoms with van der Waals surface area (Å²) in [5, 5.41) is 2.93. The molecule has 1 N–H and O–H groups in total. The van der Waals surface area contributed by atoms with Crippen LogP contribution in [0, 0.1) is 19.7 Å². The fourth-order valence-electron chi connectivity index (χ4n) is 1.98. The summed E-state index contributed by atoms with van der Waals surface area (Å²) in [5.74, 6) is 0.638. The van der Waals surface area contributed by atoms with E-state index in [9.17, 15) is 9.18 Å². The summed E-state index contributed by atoms with van der Waals surface area (Å²) in [7, 11) is 0. The smallest absolute Gasteiger partial charge is 0.251 e. The lowest BCUT2D eigenvalue weighted by molar-refractivity contribution is 0.0953. The van der Waals surface area contributed by atoms with Crippen molar-refractivity contribution in [2.75, 3.05) is 12.3 Å². The van der Waals surface area contributed by atoms with Crippen LogP contribution in [0.15, 0.2) is 47.4 Å². The number of halogens is 1. The normalized spacial score (nSPS) is 10.5. The molecule has 0 aliphatic carbocycles. The molecule has 0 heterocycles. The second-order valence-electron chi connectivity index (χ2n) is 5.21. The standard InChI is InChI=1S/C18H20FNOS/c1-13-4-5-15(12-14(13)2)18(21)20-10-3-11-22-17-8-6-16(19)7-9-17/h4-9,12H,3,10-11H2,1-2H3,(H,20,21). The number of amides is 1. The first-order valence-electron chi connectivity index (χ1n) is 7.30. The molecule has 0 bridgehead atoms. The maximum atomic E-state index is 12.8. The molecule has 0 aliphatic rings. The molecule has 2 nitrogen and oxygen atoms in total. The number of hydrogen-bond donors (Lipinski definition) is 1. The highest BCUT2D eigenvalue weighted by molar-refractivity contribution is 7.99. The Hall–Kier alpha value is -1.81. The molecule has 22 heavy (non-hydrogen) atoms. The summed E-state index contributed by atoms with van der Waals surface area (Å²) in [5.41, 5.74) is 3.01. The highest BCUT2D eigenvalue weighted by atomic mass is 32.2. The molecule has 2 rings (SSSR count). The van der Waals surface area contributed by atoms with E-state index >= 15 is 0 Å². The van der Waals surface area contributed by atoms with Crippen LogP contribution in [0.3, 0.4) is 0 Å². The van der Waals surface area contributed by atoms with Gasteiger partial charge >= 0.3 is 0 Å². The highest BCUT2D eigenvalue weighted by Gasteiger charge is 2.05. The molecule has 1 amide bonds. The summed E-state index contributed by atoms with van der Waals surface area (Å²) in [4.78, 5) is 13.1. The quantitative estimate of drug-likeness (QED) is 0.634. The van der Waals surface area contributed by atoms with Crippen LogP contribution < -0.4 is 5.32 Å². The van der Waals surface area contributed by atoms with Gasteiger partial charge in [0.2, 0.25) is 0 Å². The van der Waals surface area contributed by atoms with Crippen LogP contribution in [0.1, 0.15) is 27.9 Å². The Kier molecular flexibility index (Phi) is 6.01. The Labute approximate surface area is 135 Å². The lowest BCUT2D eigenvalue weighted by atomic mass is 10.1.